The molecule has 2 aromatic heterocycles. The number of carbonyl (C=O) groups excluding carboxylic acids is 1. The number of likely N-dealkylation sites (N-methyl/N-ethyl adjacent to an activating group) is 1. The smallest absolute Gasteiger partial charge is 0.301 e. The van der Waals surface area contributed by atoms with Gasteiger partial charge in [0.15, 0.2) is 10.8 Å². The van der Waals surface area contributed by atoms with Crippen LogP contribution in [0.15, 0.2) is 30.5 Å². The Labute approximate surface area is 181 Å². The van der Waals surface area contributed by atoms with Crippen LogP contribution in [-0.4, -0.2) is 39.2 Å². The third kappa shape index (κ3) is 4.35. The Morgan fingerprint density at radius 1 is 1.16 bits per heavy atom. The predicted molar refractivity (Wildman–Crippen MR) is 104 cm³/mol. The summed E-state index contributed by atoms with van der Waals surface area (Å²) in [6.45, 7) is 1.39. The number of fused-ring (bicyclic) bond motifs is 1. The van der Waals surface area contributed by atoms with E-state index < -0.39 is 40.8 Å². The van der Waals surface area contributed by atoms with Gasteiger partial charge in [-0.15, -0.1) is 11.3 Å². The van der Waals surface area contributed by atoms with E-state index in [-0.39, 0.29) is 9.81 Å². The number of nitrogens with one attached hydrogen (secondary N) is 1. The first-order chi connectivity index (χ1) is 14.9. The van der Waals surface area contributed by atoms with Crippen molar-refractivity contribution in [2.24, 2.45) is 0 Å². The van der Waals surface area contributed by atoms with Crippen LogP contribution in [-0.2, 0) is 25.3 Å². The molecule has 1 aliphatic heterocycles. The molecule has 0 saturated carbocycles. The van der Waals surface area contributed by atoms with Crippen molar-refractivity contribution in [1.82, 2.24) is 19.7 Å². The average molecular weight is 475 g/mol. The molecule has 6 nitrogen and oxygen atoms in total. The van der Waals surface area contributed by atoms with Crippen molar-refractivity contribution in [3.63, 3.8) is 0 Å². The van der Waals surface area contributed by atoms with Crippen molar-refractivity contribution >= 4 is 22.4 Å². The summed E-state index contributed by atoms with van der Waals surface area (Å²) in [5.41, 5.74) is -3.13. The number of hydrogen-bond donors (Lipinski definition) is 1. The van der Waals surface area contributed by atoms with Crippen LogP contribution in [0.1, 0.15) is 32.2 Å². The van der Waals surface area contributed by atoms with E-state index in [0.29, 0.717) is 25.2 Å². The highest BCUT2D eigenvalue weighted by Crippen LogP contribution is 2.36. The molecular formula is C19H15F6N5OS. The number of hydrogen-bond acceptors (Lipinski definition) is 5. The van der Waals surface area contributed by atoms with Gasteiger partial charge in [0, 0.05) is 24.4 Å². The van der Waals surface area contributed by atoms with Crippen LogP contribution in [0.4, 0.5) is 31.5 Å². The second-order valence-electron chi connectivity index (χ2n) is 7.20. The number of amides is 1. The quantitative estimate of drug-likeness (QED) is 0.563. The number of rotatable bonds is 3. The molecule has 32 heavy (non-hydrogen) atoms. The molecule has 0 unspecified atom stereocenters. The molecule has 0 aliphatic carbocycles. The van der Waals surface area contributed by atoms with Crippen LogP contribution in [0.25, 0.3) is 5.69 Å². The maximum absolute atomic E-state index is 13.8. The lowest BCUT2D eigenvalue weighted by Crippen LogP contribution is -2.25. The summed E-state index contributed by atoms with van der Waals surface area (Å²) >= 11 is 1.17. The number of alkyl halides is 6. The summed E-state index contributed by atoms with van der Waals surface area (Å²) in [5.74, 6) is -1.10. The van der Waals surface area contributed by atoms with Crippen molar-refractivity contribution in [1.29, 1.82) is 0 Å². The van der Waals surface area contributed by atoms with E-state index in [1.54, 1.807) is 0 Å². The van der Waals surface area contributed by atoms with Crippen molar-refractivity contribution in [2.45, 2.75) is 25.3 Å². The van der Waals surface area contributed by atoms with Crippen molar-refractivity contribution in [3.8, 4) is 5.69 Å². The largest absolute Gasteiger partial charge is 0.434 e. The number of nitrogens with zero attached hydrogens (tertiary/aromatic N) is 4. The molecule has 1 amide bonds. The van der Waals surface area contributed by atoms with Crippen LogP contribution in [0.5, 0.6) is 0 Å². The normalized spacial score (nSPS) is 15.0. The fraction of sp³-hybridized carbons (Fsp3) is 0.316. The molecule has 170 valence electrons. The minimum Gasteiger partial charge on any atom is -0.301 e. The van der Waals surface area contributed by atoms with Crippen molar-refractivity contribution < 1.29 is 31.1 Å². The minimum atomic E-state index is -5.05. The number of anilines is 1. The fourth-order valence-electron chi connectivity index (χ4n) is 3.34. The zero-order valence-corrected chi connectivity index (χ0v) is 17.2. The first-order valence-corrected chi connectivity index (χ1v) is 10.1. The summed E-state index contributed by atoms with van der Waals surface area (Å²) < 4.78 is 80.7. The lowest BCUT2D eigenvalue weighted by molar-refractivity contribution is -0.143. The van der Waals surface area contributed by atoms with E-state index in [1.807, 2.05) is 11.9 Å². The summed E-state index contributed by atoms with van der Waals surface area (Å²) in [5, 5.41) is 6.07. The van der Waals surface area contributed by atoms with Gasteiger partial charge in [-0.2, -0.15) is 31.4 Å². The van der Waals surface area contributed by atoms with Crippen LogP contribution in [0, 0.1) is 0 Å². The SMILES string of the molecule is CN1CCc2nc(NC(=O)c3cnn(-c4cccc(C(F)(F)F)c4)c3C(F)(F)F)sc2C1. The minimum absolute atomic E-state index is 0.148. The standard InChI is InChI=1S/C19H15F6N5OS/c1-29-6-5-13-14(9-29)32-17(27-13)28-16(31)12-8-26-30(15(12)19(23,24)25)11-4-2-3-10(7-11)18(20,21)22/h2-4,7-8H,5-6,9H2,1H3,(H,27,28,31). The van der Waals surface area contributed by atoms with Crippen LogP contribution >= 0.6 is 11.3 Å². The Kier molecular flexibility index (Phi) is 5.49. The molecule has 0 saturated heterocycles. The van der Waals surface area contributed by atoms with Gasteiger partial charge in [-0.25, -0.2) is 9.67 Å². The van der Waals surface area contributed by atoms with Crippen LogP contribution < -0.4 is 5.32 Å². The third-order valence-corrected chi connectivity index (χ3v) is 5.84. The second kappa shape index (κ2) is 7.89. The molecule has 4 rings (SSSR count). The molecular weight excluding hydrogens is 460 g/mol. The maximum atomic E-state index is 13.8. The molecule has 0 spiro atoms. The van der Waals surface area contributed by atoms with Gasteiger partial charge in [-0.3, -0.25) is 10.1 Å². The molecule has 1 N–H and O–H groups in total. The van der Waals surface area contributed by atoms with Gasteiger partial charge < -0.3 is 4.90 Å². The van der Waals surface area contributed by atoms with Crippen LogP contribution in [0.2, 0.25) is 0 Å². The van der Waals surface area contributed by atoms with E-state index in [2.05, 4.69) is 15.4 Å². The van der Waals surface area contributed by atoms with E-state index in [4.69, 9.17) is 0 Å². The highest BCUT2D eigenvalue weighted by molar-refractivity contribution is 7.15. The van der Waals surface area contributed by atoms with Gasteiger partial charge in [0.1, 0.15) is 0 Å². The maximum Gasteiger partial charge on any atom is 0.434 e. The zero-order valence-electron chi connectivity index (χ0n) is 16.4. The van der Waals surface area contributed by atoms with E-state index >= 15 is 0 Å². The molecule has 1 aliphatic rings. The Hall–Kier alpha value is -2.93. The molecule has 0 fully saturated rings. The van der Waals surface area contributed by atoms with E-state index in [9.17, 15) is 31.1 Å². The summed E-state index contributed by atoms with van der Waals surface area (Å²) in [7, 11) is 1.92. The number of aromatic nitrogens is 3. The molecule has 0 atom stereocenters. The number of carbonyl (C=O) groups is 1. The van der Waals surface area contributed by atoms with Gasteiger partial charge in [-0.1, -0.05) is 6.07 Å². The first kappa shape index (κ1) is 22.3. The lowest BCUT2D eigenvalue weighted by atomic mass is 10.1. The van der Waals surface area contributed by atoms with Gasteiger partial charge in [0.2, 0.25) is 0 Å². The Balaban J connectivity index is 1.69. The highest BCUT2D eigenvalue weighted by atomic mass is 32.1. The molecule has 13 heteroatoms. The van der Waals surface area contributed by atoms with Gasteiger partial charge in [-0.05, 0) is 25.2 Å². The molecule has 3 heterocycles. The highest BCUT2D eigenvalue weighted by Gasteiger charge is 2.41. The molecule has 3 aromatic rings. The number of benzene rings is 1. The summed E-state index contributed by atoms with van der Waals surface area (Å²) in [4.78, 5) is 19.9. The number of thiazole rings is 1. The zero-order chi connectivity index (χ0) is 23.3. The van der Waals surface area contributed by atoms with Gasteiger partial charge in [0.25, 0.3) is 5.91 Å². The Morgan fingerprint density at radius 2 is 1.91 bits per heavy atom. The van der Waals surface area contributed by atoms with Gasteiger partial charge in [0.05, 0.1) is 28.7 Å². The Morgan fingerprint density at radius 3 is 2.59 bits per heavy atom. The Bertz CT molecular complexity index is 1170. The second-order valence-corrected chi connectivity index (χ2v) is 8.28. The number of halogens is 6. The monoisotopic (exact) mass is 475 g/mol. The topological polar surface area (TPSA) is 63.1 Å². The summed E-state index contributed by atoms with van der Waals surface area (Å²) in [6.07, 6.45) is -8.47. The fourth-order valence-corrected chi connectivity index (χ4v) is 4.42. The van der Waals surface area contributed by atoms with E-state index in [0.717, 1.165) is 35.3 Å². The van der Waals surface area contributed by atoms with Crippen molar-refractivity contribution in [2.75, 3.05) is 18.9 Å². The lowest BCUT2D eigenvalue weighted by Gasteiger charge is -2.20. The van der Waals surface area contributed by atoms with Crippen molar-refractivity contribution in [3.05, 3.63) is 57.9 Å². The first-order valence-electron chi connectivity index (χ1n) is 9.25. The molecule has 0 radical (unpaired) electrons. The summed E-state index contributed by atoms with van der Waals surface area (Å²) in [6, 6.07) is 3.28. The van der Waals surface area contributed by atoms with Crippen LogP contribution in [0.3, 0.4) is 0 Å². The van der Waals surface area contributed by atoms with Gasteiger partial charge >= 0.3 is 12.4 Å². The average Bonchev–Trinajstić information content (AvgIpc) is 3.30. The third-order valence-electron chi connectivity index (χ3n) is 4.84. The molecule has 1 aromatic carbocycles. The van der Waals surface area contributed by atoms with E-state index in [1.165, 1.54) is 11.3 Å². The molecule has 0 bridgehead atoms. The predicted octanol–water partition coefficient (Wildman–Crippen LogP) is 4.61.